The molecule has 0 unspecified atom stereocenters. The van der Waals surface area contributed by atoms with Crippen molar-refractivity contribution in [3.63, 3.8) is 0 Å². The minimum atomic E-state index is -0.747. The van der Waals surface area contributed by atoms with Gasteiger partial charge in [0.15, 0.2) is 17.2 Å². The third-order valence-corrected chi connectivity index (χ3v) is 11.2. The highest BCUT2D eigenvalue weighted by atomic mass is 35.5. The molecule has 0 aliphatic carbocycles. The number of amides is 5. The molecule has 5 amide bonds. The maximum absolute atomic E-state index is 12.6. The van der Waals surface area contributed by atoms with Gasteiger partial charge in [-0.1, -0.05) is 37.4 Å². The molecule has 2 saturated heterocycles. The molecule has 21 heteroatoms. The molecule has 0 bridgehead atoms. The van der Waals surface area contributed by atoms with E-state index in [1.54, 1.807) is 78.0 Å². The molecule has 6 aromatic rings. The molecular weight excluding hydrogens is 904 g/mol. The zero-order chi connectivity index (χ0) is 49.9. The number of aryl methyl sites for hydroxylation is 2. The Hall–Kier alpha value is -8.49. The average Bonchev–Trinajstić information content (AvgIpc) is 4.16. The summed E-state index contributed by atoms with van der Waals surface area (Å²) < 4.78 is 2.42. The van der Waals surface area contributed by atoms with Crippen molar-refractivity contribution in [1.29, 1.82) is 0 Å². The fraction of sp³-hybridized carbons (Fsp3) is 0.208. The fourth-order valence-corrected chi connectivity index (χ4v) is 7.72. The summed E-state index contributed by atoms with van der Waals surface area (Å²) in [5.41, 5.74) is 16.1. The first kappa shape index (κ1) is 49.9. The number of allylic oxidation sites excluding steroid dienone is 1. The highest BCUT2D eigenvalue weighted by Gasteiger charge is 2.35. The SMILES string of the molecule is C=CC(=O)Cl.C=CC(=O)N1CCC[C@H]1c1nc(-c2ccc(C(=O)Nc3cc(C)ccn3)cc2)c(C(N)=O)n1N.Cc1ccnc(NC(=O)c2ccc(-c3nc([C@@H]4CCCN4)n(N)c3C(N)=O)cc2)c1. The molecule has 2 aromatic carbocycles. The number of rotatable bonds is 12. The van der Waals surface area contributed by atoms with E-state index in [0.29, 0.717) is 64.2 Å². The molecular formula is C48H51ClN14O6. The first-order valence-corrected chi connectivity index (χ1v) is 21.9. The monoisotopic (exact) mass is 954 g/mol. The van der Waals surface area contributed by atoms with Crippen molar-refractivity contribution in [2.24, 2.45) is 11.5 Å². The van der Waals surface area contributed by atoms with E-state index >= 15 is 0 Å². The first-order valence-electron chi connectivity index (χ1n) is 21.5. The Labute approximate surface area is 401 Å². The Morgan fingerprint density at radius 1 is 0.696 bits per heavy atom. The number of likely N-dealkylation sites (tertiary alicyclic amines) is 1. The van der Waals surface area contributed by atoms with Gasteiger partial charge in [-0.05, 0) is 129 Å². The zero-order valence-electron chi connectivity index (χ0n) is 37.8. The van der Waals surface area contributed by atoms with Crippen LogP contribution in [-0.4, -0.2) is 82.1 Å². The molecule has 69 heavy (non-hydrogen) atoms. The van der Waals surface area contributed by atoms with Crippen LogP contribution in [0.1, 0.15) is 102 Å². The summed E-state index contributed by atoms with van der Waals surface area (Å²) in [5.74, 6) is 12.0. The van der Waals surface area contributed by atoms with Gasteiger partial charge in [0.2, 0.25) is 11.1 Å². The number of imidazole rings is 2. The Balaban J connectivity index is 0.000000208. The number of halogens is 1. The molecule has 0 saturated carbocycles. The second kappa shape index (κ2) is 22.3. The average molecular weight is 955 g/mol. The maximum Gasteiger partial charge on any atom is 0.269 e. The molecule has 11 N–H and O–H groups in total. The fourth-order valence-electron chi connectivity index (χ4n) is 7.72. The number of nitrogens with one attached hydrogen (secondary N) is 3. The van der Waals surface area contributed by atoms with Gasteiger partial charge in [0.05, 0.1) is 12.1 Å². The van der Waals surface area contributed by atoms with Crippen LogP contribution in [0, 0.1) is 13.8 Å². The van der Waals surface area contributed by atoms with E-state index in [0.717, 1.165) is 47.7 Å². The van der Waals surface area contributed by atoms with Gasteiger partial charge in [-0.2, -0.15) is 0 Å². The van der Waals surface area contributed by atoms with Crippen LogP contribution < -0.4 is 39.1 Å². The topological polar surface area (TPSA) is 307 Å². The molecule has 6 heterocycles. The Kier molecular flexibility index (Phi) is 16.2. The number of benzene rings is 2. The molecule has 2 aliphatic rings. The number of nitrogens with zero attached hydrogens (tertiary/aromatic N) is 7. The van der Waals surface area contributed by atoms with Crippen LogP contribution >= 0.6 is 11.6 Å². The molecule has 0 radical (unpaired) electrons. The first-order chi connectivity index (χ1) is 33.0. The lowest BCUT2D eigenvalue weighted by molar-refractivity contribution is -0.127. The lowest BCUT2D eigenvalue weighted by Gasteiger charge is -2.22. The number of hydrogen-bond donors (Lipinski definition) is 7. The van der Waals surface area contributed by atoms with Gasteiger partial charge in [-0.25, -0.2) is 29.3 Å². The summed E-state index contributed by atoms with van der Waals surface area (Å²) in [6.45, 7) is 11.9. The van der Waals surface area contributed by atoms with Crippen molar-refractivity contribution < 1.29 is 28.8 Å². The zero-order valence-corrected chi connectivity index (χ0v) is 38.6. The number of hydrogen-bond acceptors (Lipinski definition) is 13. The van der Waals surface area contributed by atoms with E-state index in [-0.39, 0.29) is 40.8 Å². The number of primary amides is 2. The Bertz CT molecular complexity index is 2920. The third-order valence-electron chi connectivity index (χ3n) is 11.0. The van der Waals surface area contributed by atoms with Gasteiger partial charge in [0.25, 0.3) is 23.6 Å². The van der Waals surface area contributed by atoms with E-state index in [9.17, 15) is 28.8 Å². The van der Waals surface area contributed by atoms with Crippen molar-refractivity contribution in [3.8, 4) is 22.5 Å². The van der Waals surface area contributed by atoms with E-state index in [1.807, 2.05) is 26.0 Å². The second-order valence-corrected chi connectivity index (χ2v) is 16.2. The molecule has 0 spiro atoms. The predicted molar refractivity (Wildman–Crippen MR) is 261 cm³/mol. The summed E-state index contributed by atoms with van der Waals surface area (Å²) >= 11 is 4.71. The number of carbonyl (C=O) groups is 6. The normalized spacial score (nSPS) is 14.9. The Morgan fingerprint density at radius 3 is 1.57 bits per heavy atom. The van der Waals surface area contributed by atoms with Crippen molar-refractivity contribution in [1.82, 2.24) is 39.5 Å². The molecule has 20 nitrogen and oxygen atoms in total. The Morgan fingerprint density at radius 2 is 1.16 bits per heavy atom. The van der Waals surface area contributed by atoms with E-state index in [1.165, 1.54) is 10.8 Å². The van der Waals surface area contributed by atoms with E-state index < -0.39 is 23.1 Å². The van der Waals surface area contributed by atoms with Crippen LogP contribution in [-0.2, 0) is 9.59 Å². The maximum atomic E-state index is 12.6. The minimum absolute atomic E-state index is 0.0197. The summed E-state index contributed by atoms with van der Waals surface area (Å²) in [6.07, 6.45) is 8.87. The number of aromatic nitrogens is 6. The van der Waals surface area contributed by atoms with Crippen molar-refractivity contribution in [3.05, 3.63) is 156 Å². The molecule has 8 rings (SSSR count). The van der Waals surface area contributed by atoms with Gasteiger partial charge >= 0.3 is 0 Å². The minimum Gasteiger partial charge on any atom is -0.364 e. The largest absolute Gasteiger partial charge is 0.364 e. The van der Waals surface area contributed by atoms with Crippen LogP contribution in [0.15, 0.2) is 111 Å². The van der Waals surface area contributed by atoms with Crippen LogP contribution in [0.5, 0.6) is 0 Å². The molecule has 2 aliphatic heterocycles. The molecule has 4 aromatic heterocycles. The summed E-state index contributed by atoms with van der Waals surface area (Å²) in [4.78, 5) is 90.2. The van der Waals surface area contributed by atoms with Gasteiger partial charge in [-0.15, -0.1) is 0 Å². The van der Waals surface area contributed by atoms with Gasteiger partial charge in [-0.3, -0.25) is 28.8 Å². The van der Waals surface area contributed by atoms with E-state index in [2.05, 4.69) is 49.0 Å². The van der Waals surface area contributed by atoms with E-state index in [4.69, 9.17) is 34.8 Å². The van der Waals surface area contributed by atoms with Crippen LogP contribution in [0.25, 0.3) is 22.5 Å². The molecule has 2 atom stereocenters. The van der Waals surface area contributed by atoms with Crippen LogP contribution in [0.2, 0.25) is 0 Å². The number of pyridine rings is 2. The smallest absolute Gasteiger partial charge is 0.269 e. The lowest BCUT2D eigenvalue weighted by Crippen LogP contribution is -2.32. The summed E-state index contributed by atoms with van der Waals surface area (Å²) in [5, 5.41) is 8.33. The van der Waals surface area contributed by atoms with Crippen molar-refractivity contribution in [2.45, 2.75) is 51.6 Å². The summed E-state index contributed by atoms with van der Waals surface area (Å²) in [7, 11) is 0. The highest BCUT2D eigenvalue weighted by molar-refractivity contribution is 6.66. The number of nitrogen functional groups attached to an aromatic ring is 2. The highest BCUT2D eigenvalue weighted by Crippen LogP contribution is 2.35. The standard InChI is InChI=1S/C24H25N7O3.C21H23N7O2.C3H3ClO/c1-3-19(32)30-12-4-5-17(30)23-29-20(21(22(25)33)31(23)26)15-6-8-16(9-7-15)24(34)28-18-13-14(2)10-11-27-18;1-12-8-10-25-16(11-12)26-21(30)14-6-4-13(5-7-14)17-18(19(22)29)28(23)20(27-17)15-3-2-9-24-15;1-2-3(4)5/h3,6-11,13,17H,1,4-5,12,26H2,2H3,(H2,25,33)(H,27,28,34);4-8,10-11,15,24H,2-3,9,23H2,1H3,(H2,22,29)(H,25,26,30);2H,1H2/t17-;15-;/m00./s1. The van der Waals surface area contributed by atoms with Crippen LogP contribution in [0.4, 0.5) is 11.6 Å². The van der Waals surface area contributed by atoms with Gasteiger partial charge < -0.3 is 44.0 Å². The third kappa shape index (κ3) is 11.9. The number of nitrogens with two attached hydrogens (primary N) is 4. The lowest BCUT2D eigenvalue weighted by atomic mass is 10.1. The summed E-state index contributed by atoms with van der Waals surface area (Å²) in [6, 6.07) is 20.2. The number of anilines is 2. The molecule has 2 fully saturated rings. The molecule has 356 valence electrons. The predicted octanol–water partition coefficient (Wildman–Crippen LogP) is 4.85. The van der Waals surface area contributed by atoms with Crippen molar-refractivity contribution >= 4 is 58.0 Å². The van der Waals surface area contributed by atoms with Crippen LogP contribution in [0.3, 0.4) is 0 Å². The number of carbonyl (C=O) groups excluding carboxylic acids is 6. The van der Waals surface area contributed by atoms with Gasteiger partial charge in [0.1, 0.15) is 28.8 Å². The van der Waals surface area contributed by atoms with Gasteiger partial charge in [0, 0.05) is 41.2 Å². The second-order valence-electron chi connectivity index (χ2n) is 15.9. The van der Waals surface area contributed by atoms with Crippen molar-refractivity contribution in [2.75, 3.05) is 35.4 Å². The quantitative estimate of drug-likeness (QED) is 0.0491.